The molecule has 2 aromatic carbocycles. The Bertz CT molecular complexity index is 1360. The van der Waals surface area contributed by atoms with Crippen molar-refractivity contribution in [3.8, 4) is 22.9 Å². The van der Waals surface area contributed by atoms with Crippen LogP contribution in [0.15, 0.2) is 54.9 Å². The van der Waals surface area contributed by atoms with Gasteiger partial charge in [-0.1, -0.05) is 29.5 Å². The number of benzene rings is 2. The Balaban J connectivity index is 1.54. The molecule has 0 saturated carbocycles. The number of halogens is 3. The predicted octanol–water partition coefficient (Wildman–Crippen LogP) is 5.07. The second-order valence-corrected chi connectivity index (χ2v) is 7.90. The first-order valence-electron chi connectivity index (χ1n) is 9.69. The summed E-state index contributed by atoms with van der Waals surface area (Å²) >= 11 is 1.20. The second-order valence-electron chi connectivity index (χ2n) is 6.87. The van der Waals surface area contributed by atoms with Gasteiger partial charge in [0.05, 0.1) is 16.0 Å². The summed E-state index contributed by atoms with van der Waals surface area (Å²) in [4.78, 5) is 35.3. The largest absolute Gasteiger partial charge is 0.456 e. The Labute approximate surface area is 194 Å². The SMILES string of the molecule is CC(=O)OCC(=O)Nc1nc2c(Oc3cc(-c4ccc(C(F)(F)F)cc4)ncn3)cccc2s1. The van der Waals surface area contributed by atoms with Gasteiger partial charge in [0.25, 0.3) is 5.91 Å². The lowest BCUT2D eigenvalue weighted by atomic mass is 10.1. The van der Waals surface area contributed by atoms with E-state index in [0.29, 0.717) is 22.5 Å². The van der Waals surface area contributed by atoms with Crippen LogP contribution in [0.1, 0.15) is 12.5 Å². The van der Waals surface area contributed by atoms with Crippen molar-refractivity contribution < 1.29 is 32.2 Å². The number of hydrogen-bond acceptors (Lipinski definition) is 8. The van der Waals surface area contributed by atoms with Gasteiger partial charge in [0.1, 0.15) is 11.8 Å². The molecule has 0 atom stereocenters. The van der Waals surface area contributed by atoms with E-state index in [9.17, 15) is 22.8 Å². The van der Waals surface area contributed by atoms with Gasteiger partial charge >= 0.3 is 12.1 Å². The minimum Gasteiger partial charge on any atom is -0.456 e. The molecule has 0 aliphatic heterocycles. The van der Waals surface area contributed by atoms with Crippen molar-refractivity contribution in [1.82, 2.24) is 15.0 Å². The molecule has 4 rings (SSSR count). The van der Waals surface area contributed by atoms with Gasteiger partial charge in [-0.25, -0.2) is 15.0 Å². The highest BCUT2D eigenvalue weighted by molar-refractivity contribution is 7.22. The number of aromatic nitrogens is 3. The number of amides is 1. The molecule has 0 aliphatic rings. The number of fused-ring (bicyclic) bond motifs is 1. The average molecular weight is 488 g/mol. The molecule has 0 radical (unpaired) electrons. The number of carbonyl (C=O) groups is 2. The van der Waals surface area contributed by atoms with Crippen LogP contribution in [0.5, 0.6) is 11.6 Å². The summed E-state index contributed by atoms with van der Waals surface area (Å²) in [7, 11) is 0. The molecule has 0 aliphatic carbocycles. The molecule has 4 aromatic rings. The van der Waals surface area contributed by atoms with E-state index in [4.69, 9.17) is 4.74 Å². The fourth-order valence-electron chi connectivity index (χ4n) is 2.88. The molecule has 0 saturated heterocycles. The Hall–Kier alpha value is -4.06. The number of carbonyl (C=O) groups excluding carboxylic acids is 2. The quantitative estimate of drug-likeness (QED) is 0.378. The van der Waals surface area contributed by atoms with Gasteiger partial charge in [-0.15, -0.1) is 0 Å². The van der Waals surface area contributed by atoms with Crippen LogP contribution in [-0.2, 0) is 20.5 Å². The molecule has 0 fully saturated rings. The van der Waals surface area contributed by atoms with Gasteiger partial charge < -0.3 is 9.47 Å². The Morgan fingerprint density at radius 1 is 1.09 bits per heavy atom. The van der Waals surface area contributed by atoms with Crippen LogP contribution in [0.2, 0.25) is 0 Å². The Kier molecular flexibility index (Phi) is 6.41. The molecule has 34 heavy (non-hydrogen) atoms. The molecule has 12 heteroatoms. The van der Waals surface area contributed by atoms with Crippen LogP contribution in [0.3, 0.4) is 0 Å². The number of alkyl halides is 3. The Morgan fingerprint density at radius 2 is 1.85 bits per heavy atom. The summed E-state index contributed by atoms with van der Waals surface area (Å²) < 4.78 is 49.6. The van der Waals surface area contributed by atoms with Crippen LogP contribution in [0, 0.1) is 0 Å². The van der Waals surface area contributed by atoms with Crippen LogP contribution < -0.4 is 10.1 Å². The molecule has 174 valence electrons. The molecule has 1 N–H and O–H groups in total. The topological polar surface area (TPSA) is 103 Å². The normalized spacial score (nSPS) is 11.3. The number of nitrogens with zero attached hydrogens (tertiary/aromatic N) is 3. The van der Waals surface area contributed by atoms with Crippen molar-refractivity contribution in [2.75, 3.05) is 11.9 Å². The highest BCUT2D eigenvalue weighted by atomic mass is 32.1. The average Bonchev–Trinajstić information content (AvgIpc) is 3.21. The third-order valence-electron chi connectivity index (χ3n) is 4.40. The maximum absolute atomic E-state index is 12.8. The van der Waals surface area contributed by atoms with Crippen LogP contribution >= 0.6 is 11.3 Å². The predicted molar refractivity (Wildman–Crippen MR) is 117 cm³/mol. The maximum Gasteiger partial charge on any atom is 0.416 e. The lowest BCUT2D eigenvalue weighted by Gasteiger charge is -2.09. The monoisotopic (exact) mass is 488 g/mol. The van der Waals surface area contributed by atoms with Gasteiger partial charge in [0, 0.05) is 18.6 Å². The van der Waals surface area contributed by atoms with E-state index >= 15 is 0 Å². The number of ether oxygens (including phenoxy) is 2. The smallest absolute Gasteiger partial charge is 0.416 e. The standard InChI is InChI=1S/C22H15F3N4O4S/c1-12(30)32-10-18(31)28-21-29-20-16(3-2-4-17(20)34-21)33-19-9-15(26-11-27-19)13-5-7-14(8-6-13)22(23,24)25/h2-9,11H,10H2,1H3,(H,28,29,31). The summed E-state index contributed by atoms with van der Waals surface area (Å²) in [6, 6.07) is 11.3. The number of nitrogens with one attached hydrogen (secondary N) is 1. The molecule has 2 heterocycles. The molecule has 8 nitrogen and oxygen atoms in total. The first-order chi connectivity index (χ1) is 16.2. The number of hydrogen-bond donors (Lipinski definition) is 1. The zero-order valence-electron chi connectivity index (χ0n) is 17.4. The zero-order valence-corrected chi connectivity index (χ0v) is 18.2. The van der Waals surface area contributed by atoms with Crippen molar-refractivity contribution >= 4 is 38.6 Å². The van der Waals surface area contributed by atoms with Crippen LogP contribution in [0.25, 0.3) is 21.5 Å². The molecular weight excluding hydrogens is 473 g/mol. The molecular formula is C22H15F3N4O4S. The first kappa shape index (κ1) is 23.1. The highest BCUT2D eigenvalue weighted by Gasteiger charge is 2.30. The van der Waals surface area contributed by atoms with Crippen molar-refractivity contribution in [1.29, 1.82) is 0 Å². The molecule has 0 unspecified atom stereocenters. The van der Waals surface area contributed by atoms with E-state index in [2.05, 4.69) is 25.0 Å². The Morgan fingerprint density at radius 3 is 2.56 bits per heavy atom. The number of anilines is 1. The summed E-state index contributed by atoms with van der Waals surface area (Å²) in [6.07, 6.45) is -3.19. The van der Waals surface area contributed by atoms with Crippen molar-refractivity contribution in [3.63, 3.8) is 0 Å². The lowest BCUT2D eigenvalue weighted by Crippen LogP contribution is -2.19. The number of rotatable bonds is 6. The fraction of sp³-hybridized carbons (Fsp3) is 0.136. The van der Waals surface area contributed by atoms with Gasteiger partial charge in [-0.3, -0.25) is 14.9 Å². The summed E-state index contributed by atoms with van der Waals surface area (Å²) in [5.41, 5.74) is 0.546. The number of thiazole rings is 1. The third-order valence-corrected chi connectivity index (χ3v) is 5.34. The zero-order chi connectivity index (χ0) is 24.3. The molecule has 2 aromatic heterocycles. The van der Waals surface area contributed by atoms with Crippen LogP contribution in [0.4, 0.5) is 18.3 Å². The van der Waals surface area contributed by atoms with Gasteiger partial charge in [-0.2, -0.15) is 13.2 Å². The maximum atomic E-state index is 12.8. The summed E-state index contributed by atoms with van der Waals surface area (Å²) in [5, 5.41) is 2.84. The van der Waals surface area contributed by atoms with Crippen molar-refractivity contribution in [2.24, 2.45) is 0 Å². The number of esters is 1. The van der Waals surface area contributed by atoms with E-state index in [1.165, 1.54) is 42.8 Å². The molecule has 0 bridgehead atoms. The highest BCUT2D eigenvalue weighted by Crippen LogP contribution is 2.35. The first-order valence-corrected chi connectivity index (χ1v) is 10.5. The number of para-hydroxylation sites is 1. The van der Waals surface area contributed by atoms with Gasteiger partial charge in [0.2, 0.25) is 5.88 Å². The van der Waals surface area contributed by atoms with E-state index in [0.717, 1.165) is 16.8 Å². The third kappa shape index (κ3) is 5.46. The minimum absolute atomic E-state index is 0.158. The van der Waals surface area contributed by atoms with E-state index < -0.39 is 30.2 Å². The van der Waals surface area contributed by atoms with E-state index in [-0.39, 0.29) is 11.0 Å². The van der Waals surface area contributed by atoms with Crippen molar-refractivity contribution in [3.05, 3.63) is 60.4 Å². The van der Waals surface area contributed by atoms with Crippen molar-refractivity contribution in [2.45, 2.75) is 13.1 Å². The summed E-state index contributed by atoms with van der Waals surface area (Å²) in [6.45, 7) is 0.771. The lowest BCUT2D eigenvalue weighted by molar-refractivity contribution is -0.145. The van der Waals surface area contributed by atoms with Gasteiger partial charge in [0.15, 0.2) is 17.5 Å². The molecule has 1 amide bonds. The molecule has 0 spiro atoms. The van der Waals surface area contributed by atoms with Crippen LogP contribution in [-0.4, -0.2) is 33.4 Å². The second kappa shape index (κ2) is 9.43. The van der Waals surface area contributed by atoms with E-state index in [1.54, 1.807) is 18.2 Å². The summed E-state index contributed by atoms with van der Waals surface area (Å²) in [5.74, 6) is -0.596. The fourth-order valence-corrected chi connectivity index (χ4v) is 3.78. The minimum atomic E-state index is -4.43. The van der Waals surface area contributed by atoms with Gasteiger partial charge in [-0.05, 0) is 24.3 Å². The van der Waals surface area contributed by atoms with E-state index in [1.807, 2.05) is 0 Å².